The minimum Gasteiger partial charge on any atom is -0.462 e. The van der Waals surface area contributed by atoms with Gasteiger partial charge in [-0.25, -0.2) is 0 Å². The number of unbranched alkanes of at least 4 members (excludes halogenated alkanes) is 34. The third-order valence-electron chi connectivity index (χ3n) is 13.2. The Bertz CT molecular complexity index is 1070. The highest BCUT2D eigenvalue weighted by Gasteiger charge is 2.24. The maximum Gasteiger partial charge on any atom is 0.306 e. The maximum atomic E-state index is 13.3. The second kappa shape index (κ2) is 53.0. The Hall–Kier alpha value is -1.92. The molecule has 382 valence electrons. The van der Waals surface area contributed by atoms with Crippen LogP contribution in [0.1, 0.15) is 303 Å². The maximum absolute atomic E-state index is 13.3. The summed E-state index contributed by atoms with van der Waals surface area (Å²) < 4.78 is 5.96. The molecular formula is C59H111NO5. The Morgan fingerprint density at radius 1 is 0.446 bits per heavy atom. The average Bonchev–Trinajstić information content (AvgIpc) is 3.30. The van der Waals surface area contributed by atoms with E-state index in [0.29, 0.717) is 19.3 Å². The Balaban J connectivity index is 4.55. The first-order valence-corrected chi connectivity index (χ1v) is 28.7. The van der Waals surface area contributed by atoms with Crippen LogP contribution in [0.5, 0.6) is 0 Å². The molecule has 0 fully saturated rings. The summed E-state index contributed by atoms with van der Waals surface area (Å²) >= 11 is 0. The first-order chi connectivity index (χ1) is 32.0. The van der Waals surface area contributed by atoms with Gasteiger partial charge in [0.25, 0.3) is 0 Å². The molecule has 0 aromatic carbocycles. The van der Waals surface area contributed by atoms with Gasteiger partial charge in [-0.3, -0.25) is 9.59 Å². The zero-order valence-corrected chi connectivity index (χ0v) is 43.6. The molecule has 65 heavy (non-hydrogen) atoms. The van der Waals surface area contributed by atoms with Gasteiger partial charge in [-0.2, -0.15) is 0 Å². The summed E-state index contributed by atoms with van der Waals surface area (Å²) in [6, 6.07) is -0.701. The van der Waals surface area contributed by atoms with E-state index in [4.69, 9.17) is 4.74 Å². The molecule has 0 saturated heterocycles. The molecule has 0 aliphatic heterocycles. The summed E-state index contributed by atoms with van der Waals surface area (Å²) in [5.41, 5.74) is 0. The van der Waals surface area contributed by atoms with Gasteiger partial charge in [-0.15, -0.1) is 0 Å². The lowest BCUT2D eigenvalue weighted by atomic mass is 10.0. The zero-order valence-electron chi connectivity index (χ0n) is 43.6. The largest absolute Gasteiger partial charge is 0.462 e. The van der Waals surface area contributed by atoms with Gasteiger partial charge < -0.3 is 20.3 Å². The topological polar surface area (TPSA) is 95.9 Å². The number of rotatable bonds is 52. The van der Waals surface area contributed by atoms with Crippen molar-refractivity contribution in [2.45, 2.75) is 322 Å². The molecule has 1 amide bonds. The van der Waals surface area contributed by atoms with Crippen molar-refractivity contribution in [3.05, 3.63) is 36.5 Å². The smallest absolute Gasteiger partial charge is 0.306 e. The molecule has 3 unspecified atom stereocenters. The molecule has 0 saturated carbocycles. The number of nitrogens with one attached hydrogen (secondary N) is 1. The summed E-state index contributed by atoms with van der Waals surface area (Å²) in [4.78, 5) is 26.3. The molecule has 0 aliphatic rings. The second-order valence-electron chi connectivity index (χ2n) is 19.7. The van der Waals surface area contributed by atoms with Crippen molar-refractivity contribution in [1.29, 1.82) is 0 Å². The van der Waals surface area contributed by atoms with Gasteiger partial charge in [-0.05, 0) is 64.2 Å². The van der Waals surface area contributed by atoms with Crippen LogP contribution in [0.4, 0.5) is 0 Å². The van der Waals surface area contributed by atoms with Crippen LogP contribution in [0, 0.1) is 0 Å². The summed E-state index contributed by atoms with van der Waals surface area (Å²) in [5.74, 6) is -0.472. The molecule has 0 bridgehead atoms. The highest BCUT2D eigenvalue weighted by molar-refractivity contribution is 5.77. The zero-order chi connectivity index (χ0) is 47.4. The van der Waals surface area contributed by atoms with Gasteiger partial charge in [0.15, 0.2) is 0 Å². The van der Waals surface area contributed by atoms with Crippen LogP contribution in [-0.4, -0.2) is 46.9 Å². The van der Waals surface area contributed by atoms with E-state index >= 15 is 0 Å². The molecule has 6 heteroatoms. The van der Waals surface area contributed by atoms with Gasteiger partial charge in [0.1, 0.15) is 6.10 Å². The van der Waals surface area contributed by atoms with Crippen molar-refractivity contribution >= 4 is 11.9 Å². The quantitative estimate of drug-likeness (QED) is 0.0321. The highest BCUT2D eigenvalue weighted by atomic mass is 16.5. The molecule has 3 atom stereocenters. The van der Waals surface area contributed by atoms with Crippen LogP contribution >= 0.6 is 0 Å². The van der Waals surface area contributed by atoms with Crippen molar-refractivity contribution < 1.29 is 24.5 Å². The summed E-state index contributed by atoms with van der Waals surface area (Å²) in [5, 5.41) is 23.8. The number of hydrogen-bond acceptors (Lipinski definition) is 5. The molecule has 6 nitrogen and oxygen atoms in total. The van der Waals surface area contributed by atoms with E-state index in [1.165, 1.54) is 193 Å². The molecule has 3 N–H and O–H groups in total. The van der Waals surface area contributed by atoms with Gasteiger partial charge in [-0.1, -0.05) is 263 Å². The molecule has 0 radical (unpaired) electrons. The number of esters is 1. The van der Waals surface area contributed by atoms with Crippen LogP contribution in [0.2, 0.25) is 0 Å². The molecule has 0 spiro atoms. The lowest BCUT2D eigenvalue weighted by molar-refractivity contribution is -0.151. The van der Waals surface area contributed by atoms with Gasteiger partial charge in [0.2, 0.25) is 5.91 Å². The Morgan fingerprint density at radius 3 is 1.22 bits per heavy atom. The van der Waals surface area contributed by atoms with Crippen molar-refractivity contribution in [2.24, 2.45) is 0 Å². The second-order valence-corrected chi connectivity index (χ2v) is 19.7. The fraction of sp³-hybridized carbons (Fsp3) is 0.864. The summed E-state index contributed by atoms with van der Waals surface area (Å²) in [7, 11) is 0. The van der Waals surface area contributed by atoms with Crippen molar-refractivity contribution in [3.8, 4) is 0 Å². The van der Waals surface area contributed by atoms with E-state index in [9.17, 15) is 19.8 Å². The number of ether oxygens (including phenoxy) is 1. The van der Waals surface area contributed by atoms with E-state index in [-0.39, 0.29) is 24.9 Å². The third kappa shape index (κ3) is 48.3. The van der Waals surface area contributed by atoms with E-state index in [1.54, 1.807) is 0 Å². The third-order valence-corrected chi connectivity index (χ3v) is 13.2. The standard InChI is InChI=1S/C59H111NO5/c1-4-7-10-13-16-19-22-25-27-28-29-30-32-34-37-40-43-46-49-52-59(64)65-55(50-47-44-41-38-35-33-31-26-23-20-17-14-11-8-5-2)53-58(63)60-56(54-61)57(62)51-48-45-42-39-36-24-21-18-15-12-9-6-3/h16,19,25,27,29-30,55-57,61-62H,4-15,17-18,20-24,26,28,31-54H2,1-3H3,(H,60,63)/b19-16-,27-25-,30-29-. The van der Waals surface area contributed by atoms with Crippen molar-refractivity contribution in [1.82, 2.24) is 5.32 Å². The predicted molar refractivity (Wildman–Crippen MR) is 282 cm³/mol. The number of amides is 1. The normalized spacial score (nSPS) is 13.4. The van der Waals surface area contributed by atoms with Gasteiger partial charge >= 0.3 is 5.97 Å². The van der Waals surface area contributed by atoms with Crippen molar-refractivity contribution in [2.75, 3.05) is 6.61 Å². The average molecular weight is 915 g/mol. The minimum absolute atomic E-state index is 0.0768. The van der Waals surface area contributed by atoms with E-state index in [1.807, 2.05) is 0 Å². The number of aliphatic hydroxyl groups excluding tert-OH is 2. The van der Waals surface area contributed by atoms with Crippen molar-refractivity contribution in [3.63, 3.8) is 0 Å². The lowest BCUT2D eigenvalue weighted by Gasteiger charge is -2.24. The Labute approximate surface area is 404 Å². The van der Waals surface area contributed by atoms with Crippen LogP contribution in [-0.2, 0) is 14.3 Å². The summed E-state index contributed by atoms with van der Waals surface area (Å²) in [6.45, 7) is 6.48. The number of hydrogen-bond donors (Lipinski definition) is 3. The van der Waals surface area contributed by atoms with Crippen LogP contribution in [0.15, 0.2) is 36.5 Å². The minimum atomic E-state index is -0.787. The number of aliphatic hydroxyl groups is 2. The fourth-order valence-corrected chi connectivity index (χ4v) is 8.85. The number of carbonyl (C=O) groups excluding carboxylic acids is 2. The molecular weight excluding hydrogens is 803 g/mol. The molecule has 0 heterocycles. The van der Waals surface area contributed by atoms with E-state index in [0.717, 1.165) is 64.2 Å². The number of carbonyl (C=O) groups is 2. The van der Waals surface area contributed by atoms with E-state index in [2.05, 4.69) is 62.5 Å². The molecule has 0 aliphatic carbocycles. The number of allylic oxidation sites excluding steroid dienone is 6. The lowest BCUT2D eigenvalue weighted by Crippen LogP contribution is -2.46. The van der Waals surface area contributed by atoms with Gasteiger partial charge in [0, 0.05) is 6.42 Å². The van der Waals surface area contributed by atoms with Crippen LogP contribution in [0.3, 0.4) is 0 Å². The Kier molecular flexibility index (Phi) is 51.5. The highest BCUT2D eigenvalue weighted by Crippen LogP contribution is 2.19. The summed E-state index contributed by atoms with van der Waals surface area (Å²) in [6.07, 6.45) is 63.5. The van der Waals surface area contributed by atoms with E-state index < -0.39 is 18.2 Å². The predicted octanol–water partition coefficient (Wildman–Crippen LogP) is 17.6. The Morgan fingerprint density at radius 2 is 0.785 bits per heavy atom. The first kappa shape index (κ1) is 63.1. The van der Waals surface area contributed by atoms with Crippen LogP contribution in [0.25, 0.3) is 0 Å². The monoisotopic (exact) mass is 914 g/mol. The fourth-order valence-electron chi connectivity index (χ4n) is 8.85. The van der Waals surface area contributed by atoms with Crippen LogP contribution < -0.4 is 5.32 Å². The van der Waals surface area contributed by atoms with Gasteiger partial charge in [0.05, 0.1) is 25.2 Å². The molecule has 0 aromatic heterocycles. The SMILES string of the molecule is CCCCC/C=C\C/C=C\C/C=C\CCCCCCCCC(=O)OC(CCCCCCCCCCCCCCCCC)CC(=O)NC(CO)C(O)CCCCCCCCCCCCCC. The first-order valence-electron chi connectivity index (χ1n) is 28.7. The molecule has 0 aromatic rings. The molecule has 0 rings (SSSR count).